The van der Waals surface area contributed by atoms with Gasteiger partial charge in [0.05, 0.1) is 0 Å². The first-order chi connectivity index (χ1) is 20.3. The third kappa shape index (κ3) is 3.82. The predicted molar refractivity (Wildman–Crippen MR) is 173 cm³/mol. The Hall–Kier alpha value is -5.27. The van der Waals surface area contributed by atoms with E-state index in [0.717, 1.165) is 49.4 Å². The van der Waals surface area contributed by atoms with E-state index in [2.05, 4.69) is 115 Å². The molecule has 0 fully saturated rings. The fourth-order valence-corrected chi connectivity index (χ4v) is 6.37. The van der Waals surface area contributed by atoms with Crippen molar-refractivity contribution in [2.75, 3.05) is 0 Å². The third-order valence-corrected chi connectivity index (χ3v) is 8.29. The van der Waals surface area contributed by atoms with Crippen molar-refractivity contribution < 1.29 is 4.39 Å². The van der Waals surface area contributed by atoms with Gasteiger partial charge in [-0.05, 0) is 72.1 Å². The molecule has 0 unspecified atom stereocenters. The van der Waals surface area contributed by atoms with E-state index in [1.54, 1.807) is 0 Å². The van der Waals surface area contributed by atoms with Gasteiger partial charge < -0.3 is 0 Å². The molecule has 8 rings (SSSR count). The minimum absolute atomic E-state index is 0.190. The quantitative estimate of drug-likeness (QED) is 0.202. The van der Waals surface area contributed by atoms with E-state index in [1.165, 1.54) is 16.2 Å². The standard InChI is InChI=1S/C40H25F/c41-40-33(28-12-2-1-3-13-28)22-23-36-37(31-20-18-26-10-4-6-14-29(26)24-31)34-16-8-9-17-35(34)38(39(36)40)32-21-19-27-11-5-7-15-30(27)25-32/h1-25H. The highest BCUT2D eigenvalue weighted by atomic mass is 19.1. The summed E-state index contributed by atoms with van der Waals surface area (Å²) in [6.45, 7) is 0. The minimum Gasteiger partial charge on any atom is -0.206 e. The monoisotopic (exact) mass is 524 g/mol. The largest absolute Gasteiger partial charge is 0.206 e. The summed E-state index contributed by atoms with van der Waals surface area (Å²) in [5.41, 5.74) is 5.57. The molecule has 0 aliphatic rings. The number of benzene rings is 8. The van der Waals surface area contributed by atoms with Gasteiger partial charge in [-0.2, -0.15) is 0 Å². The van der Waals surface area contributed by atoms with Gasteiger partial charge in [0.25, 0.3) is 0 Å². The van der Waals surface area contributed by atoms with Crippen molar-refractivity contribution in [3.63, 3.8) is 0 Å². The van der Waals surface area contributed by atoms with Gasteiger partial charge in [0, 0.05) is 16.5 Å². The summed E-state index contributed by atoms with van der Waals surface area (Å²) >= 11 is 0. The van der Waals surface area contributed by atoms with Crippen LogP contribution in [0.3, 0.4) is 0 Å². The summed E-state index contributed by atoms with van der Waals surface area (Å²) in [7, 11) is 0. The molecule has 1 heteroatoms. The molecule has 0 heterocycles. The maximum atomic E-state index is 17.1. The molecule has 0 aliphatic carbocycles. The van der Waals surface area contributed by atoms with Gasteiger partial charge in [-0.25, -0.2) is 4.39 Å². The van der Waals surface area contributed by atoms with Gasteiger partial charge in [-0.3, -0.25) is 0 Å². The van der Waals surface area contributed by atoms with Crippen LogP contribution in [0.15, 0.2) is 152 Å². The average Bonchev–Trinajstić information content (AvgIpc) is 3.04. The zero-order chi connectivity index (χ0) is 27.3. The van der Waals surface area contributed by atoms with E-state index in [0.29, 0.717) is 10.9 Å². The molecule has 0 saturated carbocycles. The molecular weight excluding hydrogens is 499 g/mol. The molecule has 0 spiro atoms. The van der Waals surface area contributed by atoms with E-state index >= 15 is 4.39 Å². The van der Waals surface area contributed by atoms with Crippen molar-refractivity contribution in [3.05, 3.63) is 157 Å². The number of fused-ring (bicyclic) bond motifs is 4. The molecule has 8 aromatic carbocycles. The summed E-state index contributed by atoms with van der Waals surface area (Å²) in [5, 5.41) is 8.40. The molecule has 192 valence electrons. The van der Waals surface area contributed by atoms with E-state index < -0.39 is 0 Å². The lowest BCUT2D eigenvalue weighted by atomic mass is 9.84. The maximum absolute atomic E-state index is 17.1. The van der Waals surface area contributed by atoms with Crippen LogP contribution in [0.5, 0.6) is 0 Å². The maximum Gasteiger partial charge on any atom is 0.139 e. The first-order valence-electron chi connectivity index (χ1n) is 14.0. The van der Waals surface area contributed by atoms with E-state index in [9.17, 15) is 0 Å². The SMILES string of the molecule is Fc1c(-c2ccccc2)ccc2c(-c3ccc4ccccc4c3)c3ccccc3c(-c3ccc4ccccc4c3)c12. The Balaban J connectivity index is 1.55. The highest BCUT2D eigenvalue weighted by molar-refractivity contribution is 6.22. The van der Waals surface area contributed by atoms with Crippen molar-refractivity contribution in [2.45, 2.75) is 0 Å². The molecule has 0 radical (unpaired) electrons. The van der Waals surface area contributed by atoms with Crippen LogP contribution in [0.1, 0.15) is 0 Å². The first kappa shape index (κ1) is 23.6. The van der Waals surface area contributed by atoms with E-state index in [-0.39, 0.29) is 5.82 Å². The smallest absolute Gasteiger partial charge is 0.139 e. The molecular formula is C40H25F. The van der Waals surface area contributed by atoms with E-state index in [4.69, 9.17) is 0 Å². The number of hydrogen-bond acceptors (Lipinski definition) is 0. The summed E-state index contributed by atoms with van der Waals surface area (Å²) < 4.78 is 17.1. The van der Waals surface area contributed by atoms with E-state index in [1.807, 2.05) is 36.4 Å². The minimum atomic E-state index is -0.190. The van der Waals surface area contributed by atoms with Crippen molar-refractivity contribution in [1.29, 1.82) is 0 Å². The third-order valence-electron chi connectivity index (χ3n) is 8.29. The van der Waals surface area contributed by atoms with Gasteiger partial charge in [0.15, 0.2) is 0 Å². The Morgan fingerprint density at radius 2 is 0.854 bits per heavy atom. The second kappa shape index (κ2) is 9.43. The van der Waals surface area contributed by atoms with Gasteiger partial charge in [-0.15, -0.1) is 0 Å². The zero-order valence-electron chi connectivity index (χ0n) is 22.3. The Labute approximate surface area is 237 Å². The Morgan fingerprint density at radius 3 is 1.49 bits per heavy atom. The van der Waals surface area contributed by atoms with Gasteiger partial charge >= 0.3 is 0 Å². The predicted octanol–water partition coefficient (Wildman–Crippen LogP) is 11.4. The second-order valence-corrected chi connectivity index (χ2v) is 10.6. The number of halogens is 1. The normalized spacial score (nSPS) is 11.5. The molecule has 0 nitrogen and oxygen atoms in total. The molecule has 0 N–H and O–H groups in total. The van der Waals surface area contributed by atoms with Crippen molar-refractivity contribution >= 4 is 43.1 Å². The van der Waals surface area contributed by atoms with Gasteiger partial charge in [0.2, 0.25) is 0 Å². The van der Waals surface area contributed by atoms with Crippen molar-refractivity contribution in [2.24, 2.45) is 0 Å². The van der Waals surface area contributed by atoms with Crippen LogP contribution in [0, 0.1) is 5.82 Å². The molecule has 0 atom stereocenters. The summed E-state index contributed by atoms with van der Waals surface area (Å²) in [5.74, 6) is -0.190. The van der Waals surface area contributed by atoms with Gasteiger partial charge in [0.1, 0.15) is 5.82 Å². The zero-order valence-corrected chi connectivity index (χ0v) is 22.3. The van der Waals surface area contributed by atoms with Crippen LogP contribution < -0.4 is 0 Å². The first-order valence-corrected chi connectivity index (χ1v) is 14.0. The highest BCUT2D eigenvalue weighted by Gasteiger charge is 2.22. The van der Waals surface area contributed by atoms with Crippen LogP contribution in [0.2, 0.25) is 0 Å². The van der Waals surface area contributed by atoms with Gasteiger partial charge in [-0.1, -0.05) is 140 Å². The molecule has 0 saturated heterocycles. The second-order valence-electron chi connectivity index (χ2n) is 10.6. The van der Waals surface area contributed by atoms with Crippen molar-refractivity contribution in [3.8, 4) is 33.4 Å². The lowest BCUT2D eigenvalue weighted by Crippen LogP contribution is -1.95. The number of hydrogen-bond donors (Lipinski definition) is 0. The molecule has 0 aromatic heterocycles. The molecule has 8 aromatic rings. The summed E-state index contributed by atoms with van der Waals surface area (Å²) in [6, 6.07) is 52.1. The topological polar surface area (TPSA) is 0 Å². The van der Waals surface area contributed by atoms with Crippen LogP contribution in [0.4, 0.5) is 4.39 Å². The van der Waals surface area contributed by atoms with Crippen LogP contribution in [-0.2, 0) is 0 Å². The van der Waals surface area contributed by atoms with Crippen molar-refractivity contribution in [1.82, 2.24) is 0 Å². The summed E-state index contributed by atoms with van der Waals surface area (Å²) in [6.07, 6.45) is 0. The van der Waals surface area contributed by atoms with Crippen LogP contribution >= 0.6 is 0 Å². The lowest BCUT2D eigenvalue weighted by molar-refractivity contribution is 0.643. The van der Waals surface area contributed by atoms with Crippen LogP contribution in [0.25, 0.3) is 76.5 Å². The average molecular weight is 525 g/mol. The lowest BCUT2D eigenvalue weighted by Gasteiger charge is -2.20. The Kier molecular flexibility index (Phi) is 5.43. The fraction of sp³-hybridized carbons (Fsp3) is 0. The Morgan fingerprint density at radius 1 is 0.341 bits per heavy atom. The highest BCUT2D eigenvalue weighted by Crippen LogP contribution is 2.47. The molecule has 0 aliphatic heterocycles. The Bertz CT molecular complexity index is 2260. The van der Waals surface area contributed by atoms with Crippen LogP contribution in [-0.4, -0.2) is 0 Å². The fourth-order valence-electron chi connectivity index (χ4n) is 6.37. The summed E-state index contributed by atoms with van der Waals surface area (Å²) in [4.78, 5) is 0. The number of rotatable bonds is 3. The molecule has 0 bridgehead atoms. The molecule has 41 heavy (non-hydrogen) atoms. The molecule has 0 amide bonds.